The topological polar surface area (TPSA) is 29.5 Å². The van der Waals surface area contributed by atoms with Gasteiger partial charge in [-0.1, -0.05) is 18.2 Å². The summed E-state index contributed by atoms with van der Waals surface area (Å²) in [6, 6.07) is 11.9. The van der Waals surface area contributed by atoms with E-state index < -0.39 is 0 Å². The monoisotopic (exact) mass is 387 g/mol. The molecule has 0 saturated carbocycles. The zero-order valence-electron chi connectivity index (χ0n) is 10.5. The maximum Gasteiger partial charge on any atom is 0.415 e. The van der Waals surface area contributed by atoms with Gasteiger partial charge in [0.15, 0.2) is 0 Å². The smallest absolute Gasteiger partial charge is 0.415 e. The Kier molecular flexibility index (Phi) is 5.21. The van der Waals surface area contributed by atoms with Crippen LogP contribution in [0.15, 0.2) is 41.8 Å². The number of thiophene rings is 1. The highest BCUT2D eigenvalue weighted by Gasteiger charge is 2.19. The number of halogens is 1. The maximum absolute atomic E-state index is 12.1. The highest BCUT2D eigenvalue weighted by atomic mass is 127. The van der Waals surface area contributed by atoms with E-state index in [9.17, 15) is 4.79 Å². The first-order valence-electron chi connectivity index (χ1n) is 5.93. The number of carbonyl (C=O) groups is 1. The fourth-order valence-electron chi connectivity index (χ4n) is 1.65. The summed E-state index contributed by atoms with van der Waals surface area (Å²) in [6.07, 6.45) is -0.301. The van der Waals surface area contributed by atoms with Crippen molar-refractivity contribution >= 4 is 45.0 Å². The molecule has 1 heterocycles. The van der Waals surface area contributed by atoms with Crippen LogP contribution in [-0.4, -0.2) is 12.7 Å². The summed E-state index contributed by atoms with van der Waals surface area (Å²) in [6.45, 7) is 2.72. The molecule has 19 heavy (non-hydrogen) atoms. The van der Waals surface area contributed by atoms with Crippen LogP contribution in [0.5, 0.6) is 0 Å². The maximum atomic E-state index is 12.1. The molecule has 0 aliphatic carbocycles. The Morgan fingerprint density at radius 2 is 2.11 bits per heavy atom. The Bertz CT molecular complexity index is 542. The van der Waals surface area contributed by atoms with E-state index in [1.54, 1.807) is 4.90 Å². The van der Waals surface area contributed by atoms with Gasteiger partial charge in [0.2, 0.25) is 0 Å². The summed E-state index contributed by atoms with van der Waals surface area (Å²) in [5.41, 5.74) is 1.12. The molecule has 0 aliphatic rings. The van der Waals surface area contributed by atoms with Gasteiger partial charge in [-0.2, -0.15) is 0 Å². The summed E-state index contributed by atoms with van der Waals surface area (Å²) in [5, 5.41) is 2.86. The third-order valence-electron chi connectivity index (χ3n) is 2.55. The Morgan fingerprint density at radius 3 is 2.74 bits per heavy atom. The van der Waals surface area contributed by atoms with Crippen molar-refractivity contribution in [2.75, 3.05) is 11.5 Å². The third kappa shape index (κ3) is 3.70. The van der Waals surface area contributed by atoms with Gasteiger partial charge in [-0.15, -0.1) is 11.3 Å². The van der Waals surface area contributed by atoms with E-state index in [0.29, 0.717) is 13.2 Å². The Balaban J connectivity index is 2.24. The molecule has 0 radical (unpaired) electrons. The van der Waals surface area contributed by atoms with Crippen LogP contribution in [0.4, 0.5) is 9.80 Å². The third-order valence-corrected chi connectivity index (χ3v) is 4.49. The zero-order valence-corrected chi connectivity index (χ0v) is 13.5. The van der Waals surface area contributed by atoms with Crippen LogP contribution < -0.4 is 4.90 Å². The minimum atomic E-state index is -0.301. The van der Waals surface area contributed by atoms with Gasteiger partial charge in [-0.3, -0.25) is 4.90 Å². The zero-order chi connectivity index (χ0) is 13.7. The van der Waals surface area contributed by atoms with Crippen molar-refractivity contribution in [3.63, 3.8) is 0 Å². The van der Waals surface area contributed by atoms with Gasteiger partial charge in [0, 0.05) is 3.57 Å². The second-order valence-electron chi connectivity index (χ2n) is 3.83. The highest BCUT2D eigenvalue weighted by molar-refractivity contribution is 14.1. The van der Waals surface area contributed by atoms with Gasteiger partial charge in [0.05, 0.1) is 13.2 Å². The van der Waals surface area contributed by atoms with Gasteiger partial charge in [-0.05, 0) is 58.7 Å². The summed E-state index contributed by atoms with van der Waals surface area (Å²) in [4.78, 5) is 13.7. The lowest BCUT2D eigenvalue weighted by atomic mass is 10.2. The molecular weight excluding hydrogens is 373 g/mol. The number of nitrogens with zero attached hydrogens (tertiary/aromatic N) is 1. The fourth-order valence-corrected chi connectivity index (χ4v) is 2.93. The molecule has 5 heteroatoms. The van der Waals surface area contributed by atoms with Gasteiger partial charge in [0.25, 0.3) is 0 Å². The summed E-state index contributed by atoms with van der Waals surface area (Å²) < 4.78 is 6.28. The molecule has 2 rings (SSSR count). The molecule has 3 nitrogen and oxygen atoms in total. The van der Waals surface area contributed by atoms with Crippen molar-refractivity contribution in [1.29, 1.82) is 0 Å². The first-order valence-corrected chi connectivity index (χ1v) is 7.89. The van der Waals surface area contributed by atoms with Crippen LogP contribution >= 0.6 is 33.9 Å². The van der Waals surface area contributed by atoms with Crippen molar-refractivity contribution in [3.05, 3.63) is 50.9 Å². The van der Waals surface area contributed by atoms with Gasteiger partial charge < -0.3 is 4.74 Å². The summed E-state index contributed by atoms with van der Waals surface area (Å²) in [5.74, 6) is 0. The predicted octanol–water partition coefficient (Wildman–Crippen LogP) is 4.52. The summed E-state index contributed by atoms with van der Waals surface area (Å²) in [7, 11) is 0. The molecule has 0 spiro atoms. The first kappa shape index (κ1) is 14.3. The SMILES string of the molecule is CCOC(=O)N(Cc1ccccc1I)c1cccs1. The number of rotatable bonds is 4. The number of benzene rings is 1. The number of hydrogen-bond donors (Lipinski definition) is 0. The quantitative estimate of drug-likeness (QED) is 0.723. The van der Waals surface area contributed by atoms with E-state index in [1.807, 2.05) is 48.7 Å². The molecule has 0 aliphatic heterocycles. The number of ether oxygens (including phenoxy) is 1. The van der Waals surface area contributed by atoms with Crippen LogP contribution in [0, 0.1) is 3.57 Å². The lowest BCUT2D eigenvalue weighted by molar-refractivity contribution is 0.159. The highest BCUT2D eigenvalue weighted by Crippen LogP contribution is 2.25. The average Bonchev–Trinajstić information content (AvgIpc) is 2.91. The molecule has 0 saturated heterocycles. The van der Waals surface area contributed by atoms with Gasteiger partial charge in [-0.25, -0.2) is 4.79 Å². The van der Waals surface area contributed by atoms with Crippen molar-refractivity contribution in [3.8, 4) is 0 Å². The lowest BCUT2D eigenvalue weighted by Gasteiger charge is -2.20. The van der Waals surface area contributed by atoms with Crippen molar-refractivity contribution in [2.24, 2.45) is 0 Å². The van der Waals surface area contributed by atoms with Crippen LogP contribution in [0.3, 0.4) is 0 Å². The first-order chi connectivity index (χ1) is 9.22. The molecule has 1 aromatic carbocycles. The number of hydrogen-bond acceptors (Lipinski definition) is 3. The van der Waals surface area contributed by atoms with Crippen molar-refractivity contribution < 1.29 is 9.53 Å². The van der Waals surface area contributed by atoms with Crippen LogP contribution in [0.25, 0.3) is 0 Å². The summed E-state index contributed by atoms with van der Waals surface area (Å²) >= 11 is 3.81. The minimum Gasteiger partial charge on any atom is -0.449 e. The van der Waals surface area contributed by atoms with E-state index in [-0.39, 0.29) is 6.09 Å². The number of carbonyl (C=O) groups excluding carboxylic acids is 1. The number of amides is 1. The van der Waals surface area contributed by atoms with Crippen molar-refractivity contribution in [1.82, 2.24) is 0 Å². The Hall–Kier alpha value is -1.08. The van der Waals surface area contributed by atoms with Gasteiger partial charge in [0.1, 0.15) is 5.00 Å². The molecule has 1 amide bonds. The van der Waals surface area contributed by atoms with E-state index >= 15 is 0 Å². The molecule has 2 aromatic rings. The second-order valence-corrected chi connectivity index (χ2v) is 5.92. The number of anilines is 1. The molecular formula is C14H14INO2S. The van der Waals surface area contributed by atoms with Crippen LogP contribution in [-0.2, 0) is 11.3 Å². The molecule has 1 aromatic heterocycles. The molecule has 0 bridgehead atoms. The predicted molar refractivity (Wildman–Crippen MR) is 86.7 cm³/mol. The normalized spacial score (nSPS) is 10.2. The molecule has 0 atom stereocenters. The largest absolute Gasteiger partial charge is 0.449 e. The van der Waals surface area contributed by atoms with Gasteiger partial charge >= 0.3 is 6.09 Å². The van der Waals surface area contributed by atoms with E-state index in [4.69, 9.17) is 4.74 Å². The lowest BCUT2D eigenvalue weighted by Crippen LogP contribution is -2.30. The molecule has 0 N–H and O–H groups in total. The molecule has 100 valence electrons. The Labute approximate surface area is 130 Å². The minimum absolute atomic E-state index is 0.301. The van der Waals surface area contributed by atoms with E-state index in [0.717, 1.165) is 14.1 Å². The second kappa shape index (κ2) is 6.91. The van der Waals surface area contributed by atoms with Crippen molar-refractivity contribution in [2.45, 2.75) is 13.5 Å². The van der Waals surface area contributed by atoms with E-state index in [1.165, 1.54) is 11.3 Å². The van der Waals surface area contributed by atoms with Crippen LogP contribution in [0.2, 0.25) is 0 Å². The standard InChI is InChI=1S/C14H14INO2S/c1-2-18-14(17)16(13-8-5-9-19-13)10-11-6-3-4-7-12(11)15/h3-9H,2,10H2,1H3. The Morgan fingerprint density at radius 1 is 1.32 bits per heavy atom. The molecule has 0 fully saturated rings. The average molecular weight is 387 g/mol. The fraction of sp³-hybridized carbons (Fsp3) is 0.214. The van der Waals surface area contributed by atoms with Crippen LogP contribution in [0.1, 0.15) is 12.5 Å². The van der Waals surface area contributed by atoms with E-state index in [2.05, 4.69) is 22.6 Å². The molecule has 0 unspecified atom stereocenters.